The third kappa shape index (κ3) is 2.71. The zero-order valence-electron chi connectivity index (χ0n) is 11.5. The van der Waals surface area contributed by atoms with Gasteiger partial charge >= 0.3 is 0 Å². The Kier molecular flexibility index (Phi) is 3.66. The van der Waals surface area contributed by atoms with Crippen molar-refractivity contribution in [3.63, 3.8) is 0 Å². The molecule has 0 amide bonds. The van der Waals surface area contributed by atoms with E-state index in [0.717, 1.165) is 6.42 Å². The maximum Gasteiger partial charge on any atom is 0.190 e. The average Bonchev–Trinajstić information content (AvgIpc) is 3.01. The largest absolute Gasteiger partial charge is 0.368 e. The predicted octanol–water partition coefficient (Wildman–Crippen LogP) is 2.92. The molecule has 0 bridgehead atoms. The number of rotatable bonds is 4. The normalized spacial score (nSPS) is 36.6. The van der Waals surface area contributed by atoms with Crippen LogP contribution in [0.5, 0.6) is 0 Å². The van der Waals surface area contributed by atoms with Gasteiger partial charge in [0.2, 0.25) is 0 Å². The molecular formula is C14H20O4S. The summed E-state index contributed by atoms with van der Waals surface area (Å²) in [5.41, 5.74) is 1.20. The Bertz CT molecular complexity index is 417. The number of thiophene rings is 1. The molecule has 5 heteroatoms. The van der Waals surface area contributed by atoms with Gasteiger partial charge in [-0.2, -0.15) is 11.3 Å². The highest BCUT2D eigenvalue weighted by Crippen LogP contribution is 2.39. The van der Waals surface area contributed by atoms with E-state index in [9.17, 15) is 0 Å². The molecule has 19 heavy (non-hydrogen) atoms. The summed E-state index contributed by atoms with van der Waals surface area (Å²) in [5, 5.41) is 4.16. The summed E-state index contributed by atoms with van der Waals surface area (Å²) in [5.74, 6) is -0.585. The van der Waals surface area contributed by atoms with Gasteiger partial charge in [0.05, 0.1) is 12.7 Å². The van der Waals surface area contributed by atoms with Crippen LogP contribution in [0.1, 0.15) is 32.8 Å². The molecule has 2 aliphatic heterocycles. The van der Waals surface area contributed by atoms with Gasteiger partial charge in [-0.3, -0.25) is 0 Å². The van der Waals surface area contributed by atoms with E-state index in [-0.39, 0.29) is 24.6 Å². The third-order valence-corrected chi connectivity index (χ3v) is 4.24. The summed E-state index contributed by atoms with van der Waals surface area (Å²) in [6.07, 6.45) is 0.460. The van der Waals surface area contributed by atoms with Crippen molar-refractivity contribution in [2.45, 2.75) is 64.2 Å². The van der Waals surface area contributed by atoms with Crippen molar-refractivity contribution < 1.29 is 18.9 Å². The molecule has 0 aromatic carbocycles. The zero-order chi connectivity index (χ0) is 13.5. The van der Waals surface area contributed by atoms with Crippen molar-refractivity contribution in [1.82, 2.24) is 0 Å². The molecular weight excluding hydrogens is 264 g/mol. The monoisotopic (exact) mass is 284 g/mol. The van der Waals surface area contributed by atoms with Crippen molar-refractivity contribution in [3.05, 3.63) is 22.4 Å². The zero-order valence-corrected chi connectivity index (χ0v) is 12.3. The first kappa shape index (κ1) is 13.5. The number of hydrogen-bond donors (Lipinski definition) is 0. The minimum absolute atomic E-state index is 0.0461. The first-order valence-electron chi connectivity index (χ1n) is 6.73. The molecule has 0 radical (unpaired) electrons. The molecule has 106 valence electrons. The lowest BCUT2D eigenvalue weighted by molar-refractivity contribution is -0.219. The Balaban J connectivity index is 1.67. The van der Waals surface area contributed by atoms with Crippen LogP contribution in [0.2, 0.25) is 0 Å². The van der Waals surface area contributed by atoms with Gasteiger partial charge in [-0.05, 0) is 42.7 Å². The number of hydrogen-bond acceptors (Lipinski definition) is 5. The Labute approximate surface area is 117 Å². The molecule has 4 atom stereocenters. The van der Waals surface area contributed by atoms with Crippen LogP contribution >= 0.6 is 11.3 Å². The molecule has 2 fully saturated rings. The van der Waals surface area contributed by atoms with E-state index in [4.69, 9.17) is 18.9 Å². The van der Waals surface area contributed by atoms with Gasteiger partial charge < -0.3 is 18.9 Å². The molecule has 0 unspecified atom stereocenters. The van der Waals surface area contributed by atoms with E-state index in [1.165, 1.54) is 5.56 Å². The smallest absolute Gasteiger partial charge is 0.190 e. The summed E-state index contributed by atoms with van der Waals surface area (Å²) in [7, 11) is 0. The Morgan fingerprint density at radius 2 is 2.21 bits per heavy atom. The number of ether oxygens (including phenoxy) is 4. The van der Waals surface area contributed by atoms with Gasteiger partial charge in [-0.1, -0.05) is 6.92 Å². The second-order valence-corrected chi connectivity index (χ2v) is 6.24. The molecule has 0 N–H and O–H groups in total. The number of fused-ring (bicyclic) bond motifs is 1. The van der Waals surface area contributed by atoms with E-state index in [2.05, 4.69) is 23.8 Å². The fourth-order valence-electron chi connectivity index (χ4n) is 2.64. The minimum atomic E-state index is -0.585. The first-order chi connectivity index (χ1) is 9.09. The lowest BCUT2D eigenvalue weighted by Gasteiger charge is -2.25. The van der Waals surface area contributed by atoms with Crippen LogP contribution in [0.25, 0.3) is 0 Å². The molecule has 1 aromatic heterocycles. The fraction of sp³-hybridized carbons (Fsp3) is 0.714. The van der Waals surface area contributed by atoms with Crippen molar-refractivity contribution in [1.29, 1.82) is 0 Å². The third-order valence-electron chi connectivity index (χ3n) is 3.51. The lowest BCUT2D eigenvalue weighted by Crippen LogP contribution is -2.36. The van der Waals surface area contributed by atoms with Gasteiger partial charge in [-0.25, -0.2) is 0 Å². The fourth-order valence-corrected chi connectivity index (χ4v) is 3.30. The quantitative estimate of drug-likeness (QED) is 0.852. The van der Waals surface area contributed by atoms with Crippen LogP contribution in [0.4, 0.5) is 0 Å². The van der Waals surface area contributed by atoms with Crippen molar-refractivity contribution >= 4 is 11.3 Å². The summed E-state index contributed by atoms with van der Waals surface area (Å²) in [4.78, 5) is 0. The molecule has 0 aliphatic carbocycles. The Hall–Kier alpha value is -0.460. The van der Waals surface area contributed by atoms with Crippen molar-refractivity contribution in [2.75, 3.05) is 0 Å². The van der Waals surface area contributed by atoms with Crippen LogP contribution in [0.15, 0.2) is 16.8 Å². The van der Waals surface area contributed by atoms with Crippen molar-refractivity contribution in [2.24, 2.45) is 0 Å². The van der Waals surface area contributed by atoms with Crippen LogP contribution in [-0.4, -0.2) is 30.4 Å². The summed E-state index contributed by atoms with van der Waals surface area (Å²) in [6.45, 7) is 6.51. The maximum absolute atomic E-state index is 6.03. The van der Waals surface area contributed by atoms with E-state index in [0.29, 0.717) is 6.61 Å². The molecule has 2 aliphatic rings. The summed E-state index contributed by atoms with van der Waals surface area (Å²) < 4.78 is 23.6. The maximum atomic E-state index is 6.03. The van der Waals surface area contributed by atoms with Crippen LogP contribution in [0.3, 0.4) is 0 Å². The second-order valence-electron chi connectivity index (χ2n) is 5.46. The molecule has 4 nitrogen and oxygen atoms in total. The summed E-state index contributed by atoms with van der Waals surface area (Å²) >= 11 is 1.68. The van der Waals surface area contributed by atoms with Gasteiger partial charge in [-0.15, -0.1) is 0 Å². The molecule has 1 aromatic rings. The van der Waals surface area contributed by atoms with E-state index >= 15 is 0 Å². The highest BCUT2D eigenvalue weighted by Gasteiger charge is 2.54. The van der Waals surface area contributed by atoms with E-state index < -0.39 is 5.79 Å². The van der Waals surface area contributed by atoms with Crippen LogP contribution < -0.4 is 0 Å². The van der Waals surface area contributed by atoms with Gasteiger partial charge in [0.25, 0.3) is 0 Å². The molecule has 3 heterocycles. The minimum Gasteiger partial charge on any atom is -0.368 e. The Morgan fingerprint density at radius 3 is 2.89 bits per heavy atom. The summed E-state index contributed by atoms with van der Waals surface area (Å²) in [6, 6.07) is 2.08. The van der Waals surface area contributed by atoms with Gasteiger partial charge in [0, 0.05) is 0 Å². The van der Waals surface area contributed by atoms with Crippen LogP contribution in [0, 0.1) is 0 Å². The van der Waals surface area contributed by atoms with E-state index in [1.54, 1.807) is 11.3 Å². The molecule has 2 saturated heterocycles. The van der Waals surface area contributed by atoms with Crippen molar-refractivity contribution in [3.8, 4) is 0 Å². The molecule has 0 spiro atoms. The lowest BCUT2D eigenvalue weighted by atomic mass is 10.1. The van der Waals surface area contributed by atoms with Gasteiger partial charge in [0.15, 0.2) is 12.1 Å². The standard InChI is InChI=1S/C14H20O4S/c1-4-10-11(15-7-9-5-6-19-8-9)12-13(16-10)18-14(2,3)17-12/h5-6,8,10-13H,4,7H2,1-3H3/t10-,11+,12-,13-/m1/s1. The average molecular weight is 284 g/mol. The molecule has 0 saturated carbocycles. The molecule has 3 rings (SSSR count). The highest BCUT2D eigenvalue weighted by molar-refractivity contribution is 7.07. The Morgan fingerprint density at radius 1 is 1.37 bits per heavy atom. The first-order valence-corrected chi connectivity index (χ1v) is 7.67. The van der Waals surface area contributed by atoms with E-state index in [1.807, 2.05) is 13.8 Å². The van der Waals surface area contributed by atoms with Gasteiger partial charge in [0.1, 0.15) is 12.2 Å². The topological polar surface area (TPSA) is 36.9 Å². The van der Waals surface area contributed by atoms with Crippen LogP contribution in [-0.2, 0) is 25.6 Å². The second kappa shape index (κ2) is 5.14. The highest BCUT2D eigenvalue weighted by atomic mass is 32.1. The predicted molar refractivity (Wildman–Crippen MR) is 71.9 cm³/mol. The SMILES string of the molecule is CC[C@H]1O[C@@H]2OC(C)(C)O[C@@H]2[C@H]1OCc1ccsc1.